The van der Waals surface area contributed by atoms with Crippen molar-refractivity contribution in [3.05, 3.63) is 17.5 Å². The fourth-order valence-electron chi connectivity index (χ4n) is 1.31. The molecule has 0 bridgehead atoms. The van der Waals surface area contributed by atoms with Gasteiger partial charge in [-0.1, -0.05) is 13.8 Å². The second-order valence-corrected chi connectivity index (χ2v) is 4.01. The Hall–Kier alpha value is -0.790. The lowest BCUT2D eigenvalue weighted by Crippen LogP contribution is -2.24. The highest BCUT2D eigenvalue weighted by Crippen LogP contribution is 2.15. The lowest BCUT2D eigenvalue weighted by molar-refractivity contribution is 0.346. The van der Waals surface area contributed by atoms with Crippen LogP contribution in [-0.4, -0.2) is 9.78 Å². The zero-order chi connectivity index (χ0) is 10.6. The summed E-state index contributed by atoms with van der Waals surface area (Å²) in [4.78, 5) is 0. The van der Waals surface area contributed by atoms with Crippen molar-refractivity contribution in [2.24, 2.45) is 0 Å². The molecule has 0 amide bonds. The van der Waals surface area contributed by atoms with Gasteiger partial charge >= 0.3 is 0 Å². The molecule has 0 aliphatic heterocycles. The fourth-order valence-corrected chi connectivity index (χ4v) is 1.31. The minimum Gasteiger partial charge on any atom is -0.264 e. The van der Waals surface area contributed by atoms with E-state index in [1.54, 1.807) is 0 Å². The summed E-state index contributed by atoms with van der Waals surface area (Å²) >= 11 is 0. The average molecular weight is 182 g/mol. The summed E-state index contributed by atoms with van der Waals surface area (Å²) in [5.74, 6) is 0. The average Bonchev–Trinajstić information content (AvgIpc) is 2.33. The normalized spacial score (nSPS) is 10.7. The Kier molecular flexibility index (Phi) is 4.18. The first kappa shape index (κ1) is 12.2. The van der Waals surface area contributed by atoms with E-state index in [9.17, 15) is 0 Å². The standard InChI is InChI=1S/C9H16N2.C2H6/c1-7-6-8(2)11(10-7)9(3,4)5;1-2/h6H,1-5H3;1-2H3. The molecule has 1 aromatic rings. The van der Waals surface area contributed by atoms with Gasteiger partial charge in [0, 0.05) is 5.69 Å². The summed E-state index contributed by atoms with van der Waals surface area (Å²) in [5.41, 5.74) is 2.44. The second kappa shape index (κ2) is 4.45. The maximum atomic E-state index is 4.40. The lowest BCUT2D eigenvalue weighted by atomic mass is 10.1. The van der Waals surface area contributed by atoms with Crippen LogP contribution in [0, 0.1) is 13.8 Å². The van der Waals surface area contributed by atoms with Crippen molar-refractivity contribution in [3.8, 4) is 0 Å². The molecule has 2 heteroatoms. The van der Waals surface area contributed by atoms with Crippen LogP contribution in [0.25, 0.3) is 0 Å². The fraction of sp³-hybridized carbons (Fsp3) is 0.727. The lowest BCUT2D eigenvalue weighted by Gasteiger charge is -2.21. The number of rotatable bonds is 0. The van der Waals surface area contributed by atoms with Crippen LogP contribution in [0.2, 0.25) is 0 Å². The molecular weight excluding hydrogens is 160 g/mol. The Labute approximate surface area is 82.0 Å². The SMILES string of the molecule is CC.Cc1cc(C)n(C(C)(C)C)n1. The summed E-state index contributed by atoms with van der Waals surface area (Å²) in [7, 11) is 0. The van der Waals surface area contributed by atoms with Gasteiger partial charge in [-0.15, -0.1) is 0 Å². The molecule has 0 aliphatic rings. The van der Waals surface area contributed by atoms with Gasteiger partial charge in [-0.05, 0) is 40.7 Å². The Morgan fingerprint density at radius 1 is 1.15 bits per heavy atom. The molecule has 0 spiro atoms. The van der Waals surface area contributed by atoms with Crippen LogP contribution in [0.1, 0.15) is 46.0 Å². The van der Waals surface area contributed by atoms with E-state index in [0.717, 1.165) is 5.69 Å². The molecule has 0 saturated heterocycles. The van der Waals surface area contributed by atoms with E-state index >= 15 is 0 Å². The van der Waals surface area contributed by atoms with Crippen molar-refractivity contribution >= 4 is 0 Å². The minimum atomic E-state index is 0.109. The first-order valence-electron chi connectivity index (χ1n) is 4.95. The van der Waals surface area contributed by atoms with Gasteiger partial charge in [0.2, 0.25) is 0 Å². The smallest absolute Gasteiger partial charge is 0.0596 e. The van der Waals surface area contributed by atoms with Gasteiger partial charge < -0.3 is 0 Å². The van der Waals surface area contributed by atoms with Gasteiger partial charge in [-0.25, -0.2) is 0 Å². The van der Waals surface area contributed by atoms with Crippen LogP contribution in [0.5, 0.6) is 0 Å². The van der Waals surface area contributed by atoms with Crippen molar-refractivity contribution in [2.75, 3.05) is 0 Å². The van der Waals surface area contributed by atoms with Crippen molar-refractivity contribution in [1.82, 2.24) is 9.78 Å². The van der Waals surface area contributed by atoms with Crippen molar-refractivity contribution in [2.45, 2.75) is 54.0 Å². The monoisotopic (exact) mass is 182 g/mol. The van der Waals surface area contributed by atoms with Gasteiger partial charge in [-0.3, -0.25) is 4.68 Å². The highest BCUT2D eigenvalue weighted by Gasteiger charge is 2.15. The van der Waals surface area contributed by atoms with E-state index in [4.69, 9.17) is 0 Å². The van der Waals surface area contributed by atoms with E-state index in [-0.39, 0.29) is 5.54 Å². The maximum Gasteiger partial charge on any atom is 0.0596 e. The molecule has 0 atom stereocenters. The van der Waals surface area contributed by atoms with Crippen molar-refractivity contribution in [1.29, 1.82) is 0 Å². The van der Waals surface area contributed by atoms with E-state index in [1.165, 1.54) is 5.69 Å². The van der Waals surface area contributed by atoms with Gasteiger partial charge in [-0.2, -0.15) is 5.10 Å². The molecule has 0 aromatic carbocycles. The number of aryl methyl sites for hydroxylation is 2. The zero-order valence-electron chi connectivity index (χ0n) is 9.97. The summed E-state index contributed by atoms with van der Waals surface area (Å²) in [6.45, 7) is 14.6. The van der Waals surface area contributed by atoms with Crippen LogP contribution >= 0.6 is 0 Å². The Balaban J connectivity index is 0.000000671. The highest BCUT2D eigenvalue weighted by atomic mass is 15.3. The predicted octanol–water partition coefficient (Wildman–Crippen LogP) is 3.28. The quantitative estimate of drug-likeness (QED) is 0.602. The summed E-state index contributed by atoms with van der Waals surface area (Å²) in [6.07, 6.45) is 0. The van der Waals surface area contributed by atoms with Crippen molar-refractivity contribution in [3.63, 3.8) is 0 Å². The number of hydrogen-bond acceptors (Lipinski definition) is 1. The molecule has 0 radical (unpaired) electrons. The summed E-state index contributed by atoms with van der Waals surface area (Å²) in [6, 6.07) is 2.10. The summed E-state index contributed by atoms with van der Waals surface area (Å²) < 4.78 is 2.06. The minimum absolute atomic E-state index is 0.109. The third-order valence-electron chi connectivity index (χ3n) is 1.65. The van der Waals surface area contributed by atoms with Gasteiger partial charge in [0.1, 0.15) is 0 Å². The van der Waals surface area contributed by atoms with E-state index in [0.29, 0.717) is 0 Å². The van der Waals surface area contributed by atoms with Gasteiger partial charge in [0.05, 0.1) is 11.2 Å². The molecule has 0 fully saturated rings. The topological polar surface area (TPSA) is 17.8 Å². The van der Waals surface area contributed by atoms with Gasteiger partial charge in [0.15, 0.2) is 0 Å². The van der Waals surface area contributed by atoms with Crippen LogP contribution in [0.3, 0.4) is 0 Å². The highest BCUT2D eigenvalue weighted by molar-refractivity contribution is 5.08. The second-order valence-electron chi connectivity index (χ2n) is 4.01. The van der Waals surface area contributed by atoms with Crippen LogP contribution in [0.4, 0.5) is 0 Å². The molecule has 0 saturated carbocycles. The first-order valence-corrected chi connectivity index (χ1v) is 4.95. The Morgan fingerprint density at radius 3 is 1.77 bits per heavy atom. The van der Waals surface area contributed by atoms with Gasteiger partial charge in [0.25, 0.3) is 0 Å². The third-order valence-corrected chi connectivity index (χ3v) is 1.65. The molecule has 1 aromatic heterocycles. The molecular formula is C11H22N2. The predicted molar refractivity (Wildman–Crippen MR) is 58.0 cm³/mol. The molecule has 13 heavy (non-hydrogen) atoms. The maximum absolute atomic E-state index is 4.40. The molecule has 2 nitrogen and oxygen atoms in total. The molecule has 0 aliphatic carbocycles. The number of aromatic nitrogens is 2. The molecule has 0 unspecified atom stereocenters. The number of hydrogen-bond donors (Lipinski definition) is 0. The summed E-state index contributed by atoms with van der Waals surface area (Å²) in [5, 5.41) is 4.40. The third kappa shape index (κ3) is 3.21. The molecule has 76 valence electrons. The van der Waals surface area contributed by atoms with E-state index in [1.807, 2.05) is 20.8 Å². The molecule has 1 rings (SSSR count). The van der Waals surface area contributed by atoms with Crippen LogP contribution in [0.15, 0.2) is 6.07 Å². The molecule has 1 heterocycles. The Bertz CT molecular complexity index is 254. The molecule has 0 N–H and O–H groups in total. The number of nitrogens with zero attached hydrogens (tertiary/aromatic N) is 2. The first-order chi connectivity index (χ1) is 5.91. The van der Waals surface area contributed by atoms with Crippen LogP contribution in [-0.2, 0) is 5.54 Å². The van der Waals surface area contributed by atoms with Crippen LogP contribution < -0.4 is 0 Å². The van der Waals surface area contributed by atoms with Crippen molar-refractivity contribution < 1.29 is 0 Å². The zero-order valence-corrected chi connectivity index (χ0v) is 9.97. The Morgan fingerprint density at radius 2 is 1.62 bits per heavy atom. The largest absolute Gasteiger partial charge is 0.264 e. The van der Waals surface area contributed by atoms with E-state index in [2.05, 4.69) is 43.5 Å². The van der Waals surface area contributed by atoms with E-state index < -0.39 is 0 Å².